The van der Waals surface area contributed by atoms with Crippen molar-refractivity contribution in [3.63, 3.8) is 0 Å². The predicted octanol–water partition coefficient (Wildman–Crippen LogP) is 2.72. The van der Waals surface area contributed by atoms with Gasteiger partial charge in [-0.2, -0.15) is 0 Å². The second-order valence-corrected chi connectivity index (χ2v) is 4.25. The standard InChI is InChI=1S/C14H12FNO/c15-11-3-1-9(2-4-11)14-13-6-5-12(17)7-10(13)8-16-14/h1-7,14,16-17H,8H2. The van der Waals surface area contributed by atoms with Gasteiger partial charge in [-0.1, -0.05) is 18.2 Å². The molecule has 17 heavy (non-hydrogen) atoms. The van der Waals surface area contributed by atoms with Crippen molar-refractivity contribution in [3.8, 4) is 5.75 Å². The van der Waals surface area contributed by atoms with Crippen molar-refractivity contribution < 1.29 is 9.50 Å². The third-order valence-electron chi connectivity index (χ3n) is 3.14. The van der Waals surface area contributed by atoms with Crippen LogP contribution >= 0.6 is 0 Å². The Bertz CT molecular complexity index is 551. The molecule has 0 spiro atoms. The number of aromatic hydroxyl groups is 1. The van der Waals surface area contributed by atoms with Crippen LogP contribution in [0.4, 0.5) is 4.39 Å². The lowest BCUT2D eigenvalue weighted by Gasteiger charge is -2.12. The van der Waals surface area contributed by atoms with Crippen LogP contribution in [0.1, 0.15) is 22.7 Å². The molecule has 0 fully saturated rings. The maximum atomic E-state index is 12.9. The second kappa shape index (κ2) is 3.86. The molecule has 0 aromatic heterocycles. The average Bonchev–Trinajstić information content (AvgIpc) is 2.73. The van der Waals surface area contributed by atoms with Crippen LogP contribution < -0.4 is 5.32 Å². The summed E-state index contributed by atoms with van der Waals surface area (Å²) in [5.74, 6) is 0.0583. The van der Waals surface area contributed by atoms with Crippen molar-refractivity contribution in [1.29, 1.82) is 0 Å². The third kappa shape index (κ3) is 1.78. The van der Waals surface area contributed by atoms with Gasteiger partial charge in [0, 0.05) is 6.54 Å². The summed E-state index contributed by atoms with van der Waals surface area (Å²) in [6, 6.07) is 12.0. The largest absolute Gasteiger partial charge is 0.508 e. The van der Waals surface area contributed by atoms with Gasteiger partial charge in [0.15, 0.2) is 0 Å². The van der Waals surface area contributed by atoms with E-state index >= 15 is 0 Å². The minimum absolute atomic E-state index is 0.0891. The Morgan fingerprint density at radius 2 is 1.88 bits per heavy atom. The molecule has 0 bridgehead atoms. The van der Waals surface area contributed by atoms with Gasteiger partial charge >= 0.3 is 0 Å². The van der Waals surface area contributed by atoms with Gasteiger partial charge in [0.25, 0.3) is 0 Å². The molecular weight excluding hydrogens is 217 g/mol. The third-order valence-corrected chi connectivity index (χ3v) is 3.14. The van der Waals surface area contributed by atoms with Gasteiger partial charge in [0.05, 0.1) is 6.04 Å². The Morgan fingerprint density at radius 3 is 2.65 bits per heavy atom. The van der Waals surface area contributed by atoms with Crippen molar-refractivity contribution in [2.45, 2.75) is 12.6 Å². The van der Waals surface area contributed by atoms with E-state index in [1.54, 1.807) is 24.3 Å². The molecule has 2 N–H and O–H groups in total. The van der Waals surface area contributed by atoms with Crippen LogP contribution in [-0.4, -0.2) is 5.11 Å². The molecule has 0 aliphatic carbocycles. The van der Waals surface area contributed by atoms with Crippen LogP contribution in [-0.2, 0) is 6.54 Å². The van der Waals surface area contributed by atoms with E-state index in [9.17, 15) is 9.50 Å². The molecule has 1 atom stereocenters. The van der Waals surface area contributed by atoms with Gasteiger partial charge in [0.2, 0.25) is 0 Å². The number of phenolic OH excluding ortho intramolecular Hbond substituents is 1. The summed E-state index contributed by atoms with van der Waals surface area (Å²) in [5, 5.41) is 12.8. The quantitative estimate of drug-likeness (QED) is 0.788. The number of hydrogen-bond donors (Lipinski definition) is 2. The Kier molecular flexibility index (Phi) is 2.34. The minimum atomic E-state index is -0.224. The molecule has 0 saturated carbocycles. The smallest absolute Gasteiger partial charge is 0.123 e. The van der Waals surface area contributed by atoms with E-state index in [-0.39, 0.29) is 17.6 Å². The Labute approximate surface area is 98.7 Å². The molecule has 2 aromatic carbocycles. The molecular formula is C14H12FNO. The van der Waals surface area contributed by atoms with Gasteiger partial charge < -0.3 is 10.4 Å². The SMILES string of the molecule is Oc1ccc2c(c1)CNC2c1ccc(F)cc1. The highest BCUT2D eigenvalue weighted by Gasteiger charge is 2.23. The Balaban J connectivity index is 2.01. The topological polar surface area (TPSA) is 32.3 Å². The summed E-state index contributed by atoms with van der Waals surface area (Å²) in [6.45, 7) is 0.728. The summed E-state index contributed by atoms with van der Waals surface area (Å²) >= 11 is 0. The van der Waals surface area contributed by atoms with E-state index in [1.807, 2.05) is 6.07 Å². The maximum Gasteiger partial charge on any atom is 0.123 e. The van der Waals surface area contributed by atoms with E-state index in [1.165, 1.54) is 12.1 Å². The lowest BCUT2D eigenvalue weighted by Crippen LogP contribution is -2.13. The van der Waals surface area contributed by atoms with Crippen molar-refractivity contribution >= 4 is 0 Å². The summed E-state index contributed by atoms with van der Waals surface area (Å²) in [4.78, 5) is 0. The van der Waals surface area contributed by atoms with Crippen molar-refractivity contribution in [2.75, 3.05) is 0 Å². The number of phenols is 1. The Hall–Kier alpha value is -1.87. The van der Waals surface area contributed by atoms with Crippen LogP contribution in [0, 0.1) is 5.82 Å². The molecule has 0 radical (unpaired) electrons. The molecule has 3 heteroatoms. The number of nitrogens with one attached hydrogen (secondary N) is 1. The molecule has 3 rings (SSSR count). The normalized spacial score (nSPS) is 18.1. The van der Waals surface area contributed by atoms with Gasteiger partial charge in [-0.3, -0.25) is 0 Å². The zero-order chi connectivity index (χ0) is 11.8. The summed E-state index contributed by atoms with van der Waals surface area (Å²) in [7, 11) is 0. The minimum Gasteiger partial charge on any atom is -0.508 e. The van der Waals surface area contributed by atoms with Gasteiger partial charge in [-0.25, -0.2) is 4.39 Å². The van der Waals surface area contributed by atoms with Gasteiger partial charge in [0.1, 0.15) is 11.6 Å². The first kappa shape index (κ1) is 10.3. The molecule has 1 aliphatic heterocycles. The lowest BCUT2D eigenvalue weighted by molar-refractivity contribution is 0.474. The molecule has 1 aliphatic rings. The molecule has 2 aromatic rings. The van der Waals surface area contributed by atoms with E-state index in [0.717, 1.165) is 23.2 Å². The van der Waals surface area contributed by atoms with Crippen LogP contribution in [0.25, 0.3) is 0 Å². The number of rotatable bonds is 1. The molecule has 1 unspecified atom stereocenters. The first-order valence-electron chi connectivity index (χ1n) is 5.55. The fourth-order valence-electron chi connectivity index (χ4n) is 2.30. The predicted molar refractivity (Wildman–Crippen MR) is 63.2 cm³/mol. The molecule has 1 heterocycles. The average molecular weight is 229 g/mol. The van der Waals surface area contributed by atoms with Gasteiger partial charge in [-0.05, 0) is 41.0 Å². The van der Waals surface area contributed by atoms with E-state index in [0.29, 0.717) is 0 Å². The molecule has 0 amide bonds. The summed E-state index contributed by atoms with van der Waals surface area (Å²) in [5.41, 5.74) is 3.28. The highest BCUT2D eigenvalue weighted by atomic mass is 19.1. The monoisotopic (exact) mass is 229 g/mol. The van der Waals surface area contributed by atoms with Crippen molar-refractivity contribution in [2.24, 2.45) is 0 Å². The van der Waals surface area contributed by atoms with Crippen molar-refractivity contribution in [1.82, 2.24) is 5.32 Å². The van der Waals surface area contributed by atoms with E-state index in [4.69, 9.17) is 0 Å². The first-order valence-corrected chi connectivity index (χ1v) is 5.55. The summed E-state index contributed by atoms with van der Waals surface area (Å²) in [6.07, 6.45) is 0. The number of hydrogen-bond acceptors (Lipinski definition) is 2. The first-order chi connectivity index (χ1) is 8.24. The van der Waals surface area contributed by atoms with Crippen LogP contribution in [0.3, 0.4) is 0 Å². The zero-order valence-corrected chi connectivity index (χ0v) is 9.15. The van der Waals surface area contributed by atoms with Gasteiger partial charge in [-0.15, -0.1) is 0 Å². The fourth-order valence-corrected chi connectivity index (χ4v) is 2.30. The van der Waals surface area contributed by atoms with E-state index in [2.05, 4.69) is 5.32 Å². The lowest BCUT2D eigenvalue weighted by atomic mass is 9.98. The maximum absolute atomic E-state index is 12.9. The highest BCUT2D eigenvalue weighted by molar-refractivity contribution is 5.44. The number of halogens is 1. The van der Waals surface area contributed by atoms with E-state index < -0.39 is 0 Å². The van der Waals surface area contributed by atoms with Crippen LogP contribution in [0.15, 0.2) is 42.5 Å². The molecule has 0 saturated heterocycles. The molecule has 86 valence electrons. The van der Waals surface area contributed by atoms with Crippen LogP contribution in [0.5, 0.6) is 5.75 Å². The van der Waals surface area contributed by atoms with Crippen LogP contribution in [0.2, 0.25) is 0 Å². The molecule has 2 nitrogen and oxygen atoms in total. The zero-order valence-electron chi connectivity index (χ0n) is 9.15. The number of fused-ring (bicyclic) bond motifs is 1. The second-order valence-electron chi connectivity index (χ2n) is 4.25. The highest BCUT2D eigenvalue weighted by Crippen LogP contribution is 2.32. The summed E-state index contributed by atoms with van der Waals surface area (Å²) < 4.78 is 12.9. The Morgan fingerprint density at radius 1 is 1.12 bits per heavy atom. The fraction of sp³-hybridized carbons (Fsp3) is 0.143. The number of benzene rings is 2. The van der Waals surface area contributed by atoms with Crippen molar-refractivity contribution in [3.05, 3.63) is 65.0 Å².